The first-order chi connectivity index (χ1) is 2.81. The quantitative estimate of drug-likeness (QED) is 0.498. The summed E-state index contributed by atoms with van der Waals surface area (Å²) in [5.41, 5.74) is 0. The fourth-order valence-corrected chi connectivity index (χ4v) is 0.224. The monoisotopic (exact) mass is 110 g/mol. The molecule has 36 valence electrons. The summed E-state index contributed by atoms with van der Waals surface area (Å²) in [5.74, 6) is 0. The molecule has 0 spiro atoms. The summed E-state index contributed by atoms with van der Waals surface area (Å²) in [5, 5.41) is 0. The van der Waals surface area contributed by atoms with E-state index in [2.05, 4.69) is 9.05 Å². The van der Waals surface area contributed by atoms with Crippen LogP contribution in [0.4, 0.5) is 0 Å². The molecule has 0 aromatic heterocycles. The van der Waals surface area contributed by atoms with Gasteiger partial charge in [-0.2, -0.15) is 0 Å². The molecule has 0 aliphatic rings. The Morgan fingerprint density at radius 3 is 1.83 bits per heavy atom. The van der Waals surface area contributed by atoms with Gasteiger partial charge in [0.25, 0.3) is 0 Å². The van der Waals surface area contributed by atoms with Crippen molar-refractivity contribution in [1.29, 1.82) is 0 Å². The van der Waals surface area contributed by atoms with Gasteiger partial charge < -0.3 is 0 Å². The van der Waals surface area contributed by atoms with Crippen LogP contribution >= 0.6 is 8.25 Å². The third-order valence-corrected chi connectivity index (χ3v) is 0.894. The number of hydrogen-bond donors (Lipinski definition) is 0. The Hall–Kier alpha value is 0.0200. The van der Waals surface area contributed by atoms with Gasteiger partial charge >= 0.3 is 9.68 Å². The lowest BCUT2D eigenvalue weighted by Gasteiger charge is -1.66. The normalized spacial score (nSPS) is 8.33. The van der Waals surface area contributed by atoms with Crippen molar-refractivity contribution in [3.05, 3.63) is 0 Å². The second-order valence-electron chi connectivity index (χ2n) is 0.589. The van der Waals surface area contributed by atoms with E-state index in [0.29, 0.717) is 0 Å². The minimum Gasteiger partial charge on any atom is -0.122 e. The van der Waals surface area contributed by atoms with E-state index in [0.717, 1.165) is 0 Å². The summed E-state index contributed by atoms with van der Waals surface area (Å²) in [6.07, 6.45) is 0. The molecule has 6 heavy (non-hydrogen) atoms. The Labute approximate surface area is 38.7 Å². The topological polar surface area (TPSA) is 35.5 Å². The maximum Gasteiger partial charge on any atom is 1.00 e. The molecular formula is C2H7O3P+2. The lowest BCUT2D eigenvalue weighted by atomic mass is 11.8. The van der Waals surface area contributed by atoms with E-state index in [-0.39, 0.29) is 1.43 Å². The summed E-state index contributed by atoms with van der Waals surface area (Å²) in [4.78, 5) is 0. The maximum atomic E-state index is 9.88. The van der Waals surface area contributed by atoms with Crippen molar-refractivity contribution in [2.45, 2.75) is 0 Å². The van der Waals surface area contributed by atoms with Gasteiger partial charge in [0.1, 0.15) is 0 Å². The molecule has 0 fully saturated rings. The van der Waals surface area contributed by atoms with Crippen LogP contribution in [-0.2, 0) is 13.6 Å². The molecule has 0 bridgehead atoms. The van der Waals surface area contributed by atoms with Crippen molar-refractivity contribution in [1.82, 2.24) is 0 Å². The average molecular weight is 110 g/mol. The molecule has 0 aliphatic heterocycles. The van der Waals surface area contributed by atoms with Crippen molar-refractivity contribution in [3.8, 4) is 0 Å². The van der Waals surface area contributed by atoms with Gasteiger partial charge in [-0.05, 0) is 0 Å². The van der Waals surface area contributed by atoms with Crippen molar-refractivity contribution >= 4 is 8.25 Å². The van der Waals surface area contributed by atoms with E-state index < -0.39 is 8.25 Å². The minimum absolute atomic E-state index is 0. The molecule has 0 N–H and O–H groups in total. The second-order valence-corrected chi connectivity index (χ2v) is 1.77. The number of hydrogen-bond acceptors (Lipinski definition) is 3. The van der Waals surface area contributed by atoms with E-state index in [1.807, 2.05) is 0 Å². The van der Waals surface area contributed by atoms with Gasteiger partial charge in [0, 0.05) is 4.57 Å². The van der Waals surface area contributed by atoms with Crippen LogP contribution in [0.25, 0.3) is 0 Å². The standard InChI is InChI=1S/C2H6O3P/c1-4-6(3)5-2/h1-2H3/q+1/p+1. The van der Waals surface area contributed by atoms with Crippen molar-refractivity contribution in [2.24, 2.45) is 0 Å². The van der Waals surface area contributed by atoms with Crippen LogP contribution < -0.4 is 0 Å². The van der Waals surface area contributed by atoms with Gasteiger partial charge in [-0.25, -0.2) is 0 Å². The van der Waals surface area contributed by atoms with E-state index >= 15 is 0 Å². The highest BCUT2D eigenvalue weighted by Gasteiger charge is 2.10. The summed E-state index contributed by atoms with van der Waals surface area (Å²) in [7, 11) is 0.817. The van der Waals surface area contributed by atoms with Gasteiger partial charge in [-0.3, -0.25) is 0 Å². The molecule has 0 radical (unpaired) electrons. The van der Waals surface area contributed by atoms with Crippen molar-refractivity contribution in [3.63, 3.8) is 0 Å². The lowest BCUT2D eigenvalue weighted by Crippen LogP contribution is -1.66. The van der Waals surface area contributed by atoms with Gasteiger partial charge in [0.15, 0.2) is 0 Å². The zero-order chi connectivity index (χ0) is 4.99. The molecule has 0 heterocycles. The van der Waals surface area contributed by atoms with Gasteiger partial charge in [-0.15, -0.1) is 9.05 Å². The summed E-state index contributed by atoms with van der Waals surface area (Å²) >= 11 is 0. The first kappa shape index (κ1) is 6.02. The zero-order valence-corrected chi connectivity index (χ0v) is 4.57. The van der Waals surface area contributed by atoms with Crippen LogP contribution in [0.2, 0.25) is 0 Å². The highest BCUT2D eigenvalue weighted by Crippen LogP contribution is 2.18. The second kappa shape index (κ2) is 3.22. The molecule has 4 heteroatoms. The van der Waals surface area contributed by atoms with E-state index in [9.17, 15) is 4.57 Å². The first-order valence-corrected chi connectivity index (χ1v) is 2.46. The molecular weight excluding hydrogens is 103 g/mol. The van der Waals surface area contributed by atoms with E-state index in [1.54, 1.807) is 0 Å². The Morgan fingerprint density at radius 1 is 1.50 bits per heavy atom. The molecule has 0 atom stereocenters. The SMILES string of the molecule is CO[P+](=O)OC.[H+]. The predicted octanol–water partition coefficient (Wildman–Crippen LogP) is 1.05. The molecule has 0 aromatic carbocycles. The average Bonchev–Trinajstić information content (AvgIpc) is 1.65. The van der Waals surface area contributed by atoms with Crippen LogP contribution in [0, 0.1) is 0 Å². The van der Waals surface area contributed by atoms with Crippen molar-refractivity contribution in [2.75, 3.05) is 14.2 Å². The van der Waals surface area contributed by atoms with Crippen LogP contribution in [0.5, 0.6) is 0 Å². The minimum atomic E-state index is -1.83. The van der Waals surface area contributed by atoms with Crippen molar-refractivity contribution < 1.29 is 15.0 Å². The Morgan fingerprint density at radius 2 is 1.83 bits per heavy atom. The van der Waals surface area contributed by atoms with Crippen LogP contribution in [-0.4, -0.2) is 14.2 Å². The largest absolute Gasteiger partial charge is 1.00 e. The van der Waals surface area contributed by atoms with Gasteiger partial charge in [0.05, 0.1) is 14.2 Å². The Kier molecular flexibility index (Phi) is 3.23. The maximum absolute atomic E-state index is 9.88. The fraction of sp³-hybridized carbons (Fsp3) is 1.00. The highest BCUT2D eigenvalue weighted by molar-refractivity contribution is 7.33. The number of rotatable bonds is 2. The van der Waals surface area contributed by atoms with Gasteiger partial charge in [-0.1, -0.05) is 0 Å². The molecule has 0 unspecified atom stereocenters. The smallest absolute Gasteiger partial charge is 0.122 e. The summed E-state index contributed by atoms with van der Waals surface area (Å²) in [6.45, 7) is 0. The van der Waals surface area contributed by atoms with E-state index in [1.165, 1.54) is 14.2 Å². The van der Waals surface area contributed by atoms with E-state index in [4.69, 9.17) is 0 Å². The Bertz CT molecular complexity index is 50.9. The predicted molar refractivity (Wildman–Crippen MR) is 22.7 cm³/mol. The fourth-order valence-electron chi connectivity index (χ4n) is 0.0745. The molecule has 0 saturated carbocycles. The Balaban J connectivity index is 0. The summed E-state index contributed by atoms with van der Waals surface area (Å²) in [6, 6.07) is 0. The van der Waals surface area contributed by atoms with Crippen LogP contribution in [0.1, 0.15) is 1.43 Å². The molecule has 0 amide bonds. The van der Waals surface area contributed by atoms with Gasteiger partial charge in [0.2, 0.25) is 0 Å². The van der Waals surface area contributed by atoms with Crippen LogP contribution in [0.15, 0.2) is 0 Å². The highest BCUT2D eigenvalue weighted by atomic mass is 31.1. The third kappa shape index (κ3) is 2.27. The molecule has 0 saturated heterocycles. The molecule has 3 nitrogen and oxygen atoms in total. The summed E-state index contributed by atoms with van der Waals surface area (Å²) < 4.78 is 18.3. The first-order valence-electron chi connectivity index (χ1n) is 1.36. The third-order valence-electron chi connectivity index (χ3n) is 0.298. The van der Waals surface area contributed by atoms with Crippen LogP contribution in [0.3, 0.4) is 0 Å². The molecule has 0 aliphatic carbocycles. The molecule has 0 aromatic rings. The molecule has 0 rings (SSSR count). The lowest BCUT2D eigenvalue weighted by molar-refractivity contribution is 0.302. The zero-order valence-electron chi connectivity index (χ0n) is 4.67.